The minimum Gasteiger partial charge on any atom is -0.424 e. The van der Waals surface area contributed by atoms with Crippen molar-refractivity contribution in [2.45, 2.75) is 39.3 Å². The van der Waals surface area contributed by atoms with Gasteiger partial charge in [-0.05, 0) is 44.4 Å². The third-order valence-electron chi connectivity index (χ3n) is 3.42. The predicted molar refractivity (Wildman–Crippen MR) is 77.9 cm³/mol. The molecule has 0 atom stereocenters. The fourth-order valence-electron chi connectivity index (χ4n) is 2.02. The van der Waals surface area contributed by atoms with Gasteiger partial charge in [-0.25, -0.2) is 4.98 Å². The standard InChI is InChI=1S/C16H19N3O/c1-11-4-3-5-15(8-11)20-16-18-10-13(12(2)19-16)9-17-14-6-7-14/h3-5,8,10,14,17H,6-7,9H2,1-2H3. The van der Waals surface area contributed by atoms with E-state index in [1.54, 1.807) is 0 Å². The summed E-state index contributed by atoms with van der Waals surface area (Å²) < 4.78 is 5.69. The van der Waals surface area contributed by atoms with Crippen molar-refractivity contribution in [3.63, 3.8) is 0 Å². The van der Waals surface area contributed by atoms with E-state index in [1.165, 1.54) is 12.8 Å². The van der Waals surface area contributed by atoms with E-state index in [9.17, 15) is 0 Å². The summed E-state index contributed by atoms with van der Waals surface area (Å²) in [4.78, 5) is 8.71. The number of hydrogen-bond acceptors (Lipinski definition) is 4. The third-order valence-corrected chi connectivity index (χ3v) is 3.42. The molecule has 3 rings (SSSR count). The summed E-state index contributed by atoms with van der Waals surface area (Å²) in [6.07, 6.45) is 4.42. The summed E-state index contributed by atoms with van der Waals surface area (Å²) in [5, 5.41) is 3.47. The van der Waals surface area contributed by atoms with Gasteiger partial charge in [0, 0.05) is 30.0 Å². The van der Waals surface area contributed by atoms with E-state index < -0.39 is 0 Å². The van der Waals surface area contributed by atoms with Gasteiger partial charge >= 0.3 is 6.01 Å². The Kier molecular flexibility index (Phi) is 3.65. The van der Waals surface area contributed by atoms with Crippen molar-refractivity contribution in [2.75, 3.05) is 0 Å². The summed E-state index contributed by atoms with van der Waals surface area (Å²) in [5.74, 6) is 0.772. The Balaban J connectivity index is 1.69. The molecule has 0 aliphatic heterocycles. The molecule has 0 bridgehead atoms. The highest BCUT2D eigenvalue weighted by atomic mass is 16.5. The molecule has 2 aromatic rings. The van der Waals surface area contributed by atoms with Gasteiger partial charge in [-0.3, -0.25) is 0 Å². The molecule has 0 saturated heterocycles. The Bertz CT molecular complexity index is 608. The van der Waals surface area contributed by atoms with Gasteiger partial charge in [0.1, 0.15) is 5.75 Å². The molecule has 1 aliphatic rings. The number of nitrogens with zero attached hydrogens (tertiary/aromatic N) is 2. The molecule has 1 aliphatic carbocycles. The lowest BCUT2D eigenvalue weighted by molar-refractivity contribution is 0.438. The van der Waals surface area contributed by atoms with E-state index in [2.05, 4.69) is 15.3 Å². The van der Waals surface area contributed by atoms with Crippen molar-refractivity contribution >= 4 is 0 Å². The minimum atomic E-state index is 0.406. The van der Waals surface area contributed by atoms with Crippen molar-refractivity contribution < 1.29 is 4.74 Å². The quantitative estimate of drug-likeness (QED) is 0.906. The maximum absolute atomic E-state index is 5.69. The Labute approximate surface area is 119 Å². The first-order valence-corrected chi connectivity index (χ1v) is 7.01. The molecular formula is C16H19N3O. The molecule has 4 heteroatoms. The Morgan fingerprint density at radius 2 is 2.15 bits per heavy atom. The van der Waals surface area contributed by atoms with Crippen LogP contribution in [0.3, 0.4) is 0 Å². The van der Waals surface area contributed by atoms with Crippen LogP contribution >= 0.6 is 0 Å². The van der Waals surface area contributed by atoms with Crippen LogP contribution in [0.25, 0.3) is 0 Å². The second-order valence-electron chi connectivity index (χ2n) is 5.34. The molecule has 1 aromatic heterocycles. The first-order chi connectivity index (χ1) is 9.70. The molecule has 1 saturated carbocycles. The molecule has 1 N–H and O–H groups in total. The van der Waals surface area contributed by atoms with Gasteiger partial charge in [-0.1, -0.05) is 12.1 Å². The molecule has 0 amide bonds. The smallest absolute Gasteiger partial charge is 0.322 e. The van der Waals surface area contributed by atoms with Crippen molar-refractivity contribution in [1.29, 1.82) is 0 Å². The molecule has 104 valence electrons. The highest BCUT2D eigenvalue weighted by Gasteiger charge is 2.20. The van der Waals surface area contributed by atoms with E-state index in [0.29, 0.717) is 12.1 Å². The van der Waals surface area contributed by atoms with Gasteiger partial charge < -0.3 is 10.1 Å². The van der Waals surface area contributed by atoms with Crippen LogP contribution in [0.4, 0.5) is 0 Å². The van der Waals surface area contributed by atoms with Crippen LogP contribution in [0, 0.1) is 13.8 Å². The lowest BCUT2D eigenvalue weighted by atomic mass is 10.2. The molecule has 0 radical (unpaired) electrons. The Hall–Kier alpha value is -1.94. The fourth-order valence-corrected chi connectivity index (χ4v) is 2.02. The average molecular weight is 269 g/mol. The summed E-state index contributed by atoms with van der Waals surface area (Å²) in [7, 11) is 0. The summed E-state index contributed by atoms with van der Waals surface area (Å²) >= 11 is 0. The van der Waals surface area contributed by atoms with Crippen LogP contribution in [0.15, 0.2) is 30.5 Å². The van der Waals surface area contributed by atoms with Crippen LogP contribution in [0.1, 0.15) is 29.7 Å². The van der Waals surface area contributed by atoms with E-state index >= 15 is 0 Å². The summed E-state index contributed by atoms with van der Waals surface area (Å²) in [5.41, 5.74) is 3.26. The number of benzene rings is 1. The lowest BCUT2D eigenvalue weighted by Crippen LogP contribution is -2.16. The lowest BCUT2D eigenvalue weighted by Gasteiger charge is -2.08. The predicted octanol–water partition coefficient (Wildman–Crippen LogP) is 3.14. The highest BCUT2D eigenvalue weighted by molar-refractivity contribution is 5.30. The molecule has 1 heterocycles. The number of aryl methyl sites for hydroxylation is 2. The highest BCUT2D eigenvalue weighted by Crippen LogP contribution is 2.21. The number of hydrogen-bond donors (Lipinski definition) is 1. The van der Waals surface area contributed by atoms with Gasteiger partial charge in [0.2, 0.25) is 0 Å². The zero-order chi connectivity index (χ0) is 13.9. The van der Waals surface area contributed by atoms with E-state index in [4.69, 9.17) is 4.74 Å². The summed E-state index contributed by atoms with van der Waals surface area (Å²) in [6.45, 7) is 4.86. The monoisotopic (exact) mass is 269 g/mol. The van der Waals surface area contributed by atoms with Gasteiger partial charge in [-0.2, -0.15) is 4.98 Å². The molecule has 1 aromatic carbocycles. The van der Waals surface area contributed by atoms with E-state index in [1.807, 2.05) is 44.3 Å². The van der Waals surface area contributed by atoms with Crippen LogP contribution < -0.4 is 10.1 Å². The SMILES string of the molecule is Cc1cccc(Oc2ncc(CNC3CC3)c(C)n2)c1. The number of ether oxygens (including phenoxy) is 1. The van der Waals surface area contributed by atoms with Crippen LogP contribution in [-0.2, 0) is 6.54 Å². The maximum Gasteiger partial charge on any atom is 0.322 e. The van der Waals surface area contributed by atoms with Crippen molar-refractivity contribution in [3.8, 4) is 11.8 Å². The zero-order valence-electron chi connectivity index (χ0n) is 11.9. The number of rotatable bonds is 5. The first kappa shape index (κ1) is 13.1. The van der Waals surface area contributed by atoms with Crippen LogP contribution in [0.2, 0.25) is 0 Å². The van der Waals surface area contributed by atoms with Crippen LogP contribution in [-0.4, -0.2) is 16.0 Å². The maximum atomic E-state index is 5.69. The molecule has 0 spiro atoms. The molecular weight excluding hydrogens is 250 g/mol. The van der Waals surface area contributed by atoms with Gasteiger partial charge in [-0.15, -0.1) is 0 Å². The van der Waals surface area contributed by atoms with Gasteiger partial charge in [0.15, 0.2) is 0 Å². The van der Waals surface area contributed by atoms with E-state index in [0.717, 1.165) is 29.1 Å². The average Bonchev–Trinajstić information content (AvgIpc) is 3.22. The van der Waals surface area contributed by atoms with Crippen molar-refractivity contribution in [3.05, 3.63) is 47.3 Å². The summed E-state index contributed by atoms with van der Waals surface area (Å²) in [6, 6.07) is 8.98. The molecule has 1 fully saturated rings. The van der Waals surface area contributed by atoms with Crippen molar-refractivity contribution in [2.24, 2.45) is 0 Å². The second kappa shape index (κ2) is 5.59. The fraction of sp³-hybridized carbons (Fsp3) is 0.375. The van der Waals surface area contributed by atoms with E-state index in [-0.39, 0.29) is 0 Å². The number of nitrogens with one attached hydrogen (secondary N) is 1. The van der Waals surface area contributed by atoms with Gasteiger partial charge in [0.05, 0.1) is 0 Å². The largest absolute Gasteiger partial charge is 0.424 e. The third kappa shape index (κ3) is 3.33. The normalized spacial score (nSPS) is 14.3. The Morgan fingerprint density at radius 3 is 2.85 bits per heavy atom. The molecule has 4 nitrogen and oxygen atoms in total. The number of aromatic nitrogens is 2. The Morgan fingerprint density at radius 1 is 1.30 bits per heavy atom. The first-order valence-electron chi connectivity index (χ1n) is 7.01. The molecule has 0 unspecified atom stereocenters. The van der Waals surface area contributed by atoms with Gasteiger partial charge in [0.25, 0.3) is 0 Å². The minimum absolute atomic E-state index is 0.406. The topological polar surface area (TPSA) is 47.0 Å². The second-order valence-corrected chi connectivity index (χ2v) is 5.34. The van der Waals surface area contributed by atoms with Crippen LogP contribution in [0.5, 0.6) is 11.8 Å². The van der Waals surface area contributed by atoms with Crippen molar-refractivity contribution in [1.82, 2.24) is 15.3 Å². The zero-order valence-corrected chi connectivity index (χ0v) is 11.9. The molecule has 20 heavy (non-hydrogen) atoms.